The van der Waals surface area contributed by atoms with Crippen LogP contribution < -0.4 is 11.3 Å². The first kappa shape index (κ1) is 21.4. The van der Waals surface area contributed by atoms with Gasteiger partial charge >= 0.3 is 6.18 Å². The van der Waals surface area contributed by atoms with Gasteiger partial charge < -0.3 is 4.90 Å². The summed E-state index contributed by atoms with van der Waals surface area (Å²) in [6, 6.07) is 3.37. The highest BCUT2D eigenvalue weighted by atomic mass is 19.4. The fraction of sp³-hybridized carbons (Fsp3) is 0.611. The number of likely N-dealkylation sites (tertiary alicyclic amines) is 2. The van der Waals surface area contributed by atoms with Gasteiger partial charge in [-0.05, 0) is 18.9 Å². The molecule has 1 aromatic rings. The van der Waals surface area contributed by atoms with Crippen molar-refractivity contribution < 1.29 is 22.4 Å². The average Bonchev–Trinajstić information content (AvgIpc) is 2.65. The number of pyridine rings is 1. The molecule has 0 bridgehead atoms. The molecule has 0 saturated carbocycles. The molecular formula is C18H22F4N6O. The molecule has 1 aromatic heterocycles. The van der Waals surface area contributed by atoms with Crippen LogP contribution in [0.2, 0.25) is 0 Å². The molecule has 7 nitrogen and oxygen atoms in total. The standard InChI is InChI=1S/C18H22F4N6O/c19-14-13(1-6-25-15(14)18(20,21)22)16(29)27-7-2-12(3-8-27)28-10-17(11-28,4-5-23)9-26-24/h1,6,12,26H,2-4,7-11,24H2. The number of aromatic nitrogens is 1. The van der Waals surface area contributed by atoms with Crippen LogP contribution in [-0.4, -0.2) is 59.5 Å². The van der Waals surface area contributed by atoms with E-state index in [1.165, 1.54) is 4.90 Å². The monoisotopic (exact) mass is 414 g/mol. The summed E-state index contributed by atoms with van der Waals surface area (Å²) < 4.78 is 52.7. The van der Waals surface area contributed by atoms with Gasteiger partial charge in [0.15, 0.2) is 11.5 Å². The Morgan fingerprint density at radius 2 is 2.03 bits per heavy atom. The van der Waals surface area contributed by atoms with E-state index in [1.54, 1.807) is 0 Å². The minimum absolute atomic E-state index is 0.176. The SMILES string of the molecule is N#CCC1(CNN)CN(C2CCN(C(=O)c3ccnc(C(F)(F)F)c3F)CC2)C1. The summed E-state index contributed by atoms with van der Waals surface area (Å²) in [7, 11) is 0. The second-order valence-electron chi connectivity index (χ2n) is 7.66. The lowest BCUT2D eigenvalue weighted by atomic mass is 9.75. The number of hydrogen-bond acceptors (Lipinski definition) is 6. The fourth-order valence-corrected chi connectivity index (χ4v) is 4.15. The van der Waals surface area contributed by atoms with Crippen LogP contribution in [0.15, 0.2) is 12.3 Å². The quantitative estimate of drug-likeness (QED) is 0.431. The van der Waals surface area contributed by atoms with Gasteiger partial charge in [0.2, 0.25) is 0 Å². The number of piperidine rings is 1. The smallest absolute Gasteiger partial charge is 0.338 e. The molecule has 2 saturated heterocycles. The molecule has 29 heavy (non-hydrogen) atoms. The van der Waals surface area contributed by atoms with E-state index in [0.29, 0.717) is 38.9 Å². The zero-order chi connectivity index (χ0) is 21.2. The first-order chi connectivity index (χ1) is 13.7. The lowest BCUT2D eigenvalue weighted by Crippen LogP contribution is -2.64. The number of hydrogen-bond donors (Lipinski definition) is 2. The molecule has 2 aliphatic heterocycles. The maximum atomic E-state index is 14.2. The number of alkyl halides is 3. The van der Waals surface area contributed by atoms with Crippen LogP contribution in [0.5, 0.6) is 0 Å². The van der Waals surface area contributed by atoms with Crippen LogP contribution in [0.25, 0.3) is 0 Å². The summed E-state index contributed by atoms with van der Waals surface area (Å²) in [4.78, 5) is 19.2. The second kappa shape index (κ2) is 8.22. The van der Waals surface area contributed by atoms with Crippen molar-refractivity contribution in [1.29, 1.82) is 5.26 Å². The number of nitrogens with zero attached hydrogens (tertiary/aromatic N) is 4. The molecule has 0 unspecified atom stereocenters. The van der Waals surface area contributed by atoms with E-state index in [2.05, 4.69) is 21.4 Å². The van der Waals surface area contributed by atoms with E-state index in [0.717, 1.165) is 25.4 Å². The third-order valence-electron chi connectivity index (χ3n) is 5.66. The highest BCUT2D eigenvalue weighted by Crippen LogP contribution is 2.37. The third-order valence-corrected chi connectivity index (χ3v) is 5.66. The lowest BCUT2D eigenvalue weighted by Gasteiger charge is -2.54. The zero-order valence-electron chi connectivity index (χ0n) is 15.7. The second-order valence-corrected chi connectivity index (χ2v) is 7.66. The molecule has 2 aliphatic rings. The lowest BCUT2D eigenvalue weighted by molar-refractivity contribution is -0.143. The number of rotatable bonds is 5. The maximum absolute atomic E-state index is 14.2. The van der Waals surface area contributed by atoms with Crippen LogP contribution in [0.3, 0.4) is 0 Å². The van der Waals surface area contributed by atoms with Crippen molar-refractivity contribution >= 4 is 5.91 Å². The van der Waals surface area contributed by atoms with E-state index in [4.69, 9.17) is 11.1 Å². The first-order valence-corrected chi connectivity index (χ1v) is 9.26. The molecule has 3 N–H and O–H groups in total. The average molecular weight is 414 g/mol. The van der Waals surface area contributed by atoms with Crippen molar-refractivity contribution in [2.24, 2.45) is 11.3 Å². The number of halogens is 4. The predicted molar refractivity (Wildman–Crippen MR) is 94.5 cm³/mol. The summed E-state index contributed by atoms with van der Waals surface area (Å²) in [5, 5.41) is 9.00. The van der Waals surface area contributed by atoms with Gasteiger partial charge in [0.05, 0.1) is 11.6 Å². The van der Waals surface area contributed by atoms with Gasteiger partial charge in [0.1, 0.15) is 0 Å². The number of carbonyl (C=O) groups excluding carboxylic acids is 1. The fourth-order valence-electron chi connectivity index (χ4n) is 4.15. The Kier molecular flexibility index (Phi) is 6.07. The van der Waals surface area contributed by atoms with Crippen LogP contribution >= 0.6 is 0 Å². The summed E-state index contributed by atoms with van der Waals surface area (Å²) in [5.74, 6) is 3.01. The Bertz CT molecular complexity index is 795. The largest absolute Gasteiger partial charge is 0.436 e. The van der Waals surface area contributed by atoms with Crippen LogP contribution in [-0.2, 0) is 6.18 Å². The van der Waals surface area contributed by atoms with Crippen molar-refractivity contribution in [1.82, 2.24) is 20.2 Å². The summed E-state index contributed by atoms with van der Waals surface area (Å²) in [6.07, 6.45) is -2.51. The molecule has 11 heteroatoms. The van der Waals surface area contributed by atoms with Crippen LogP contribution in [0.1, 0.15) is 35.3 Å². The Morgan fingerprint density at radius 3 is 2.59 bits per heavy atom. The van der Waals surface area contributed by atoms with Crippen LogP contribution in [0.4, 0.5) is 17.6 Å². The molecule has 158 valence electrons. The van der Waals surface area contributed by atoms with E-state index in [9.17, 15) is 22.4 Å². The number of nitrogens with one attached hydrogen (secondary N) is 1. The molecule has 0 aromatic carbocycles. The van der Waals surface area contributed by atoms with E-state index in [1.807, 2.05) is 0 Å². The summed E-state index contributed by atoms with van der Waals surface area (Å²) in [6.45, 7) is 2.62. The van der Waals surface area contributed by atoms with Crippen molar-refractivity contribution in [3.05, 3.63) is 29.3 Å². The molecular weight excluding hydrogens is 392 g/mol. The number of amides is 1. The molecule has 0 radical (unpaired) electrons. The van der Waals surface area contributed by atoms with Crippen molar-refractivity contribution in [3.8, 4) is 6.07 Å². The summed E-state index contributed by atoms with van der Waals surface area (Å²) >= 11 is 0. The first-order valence-electron chi connectivity index (χ1n) is 9.26. The Morgan fingerprint density at radius 1 is 1.38 bits per heavy atom. The predicted octanol–water partition coefficient (Wildman–Crippen LogP) is 1.52. The van der Waals surface area contributed by atoms with Crippen molar-refractivity contribution in [2.75, 3.05) is 32.7 Å². The van der Waals surface area contributed by atoms with Gasteiger partial charge in [-0.3, -0.25) is 21.0 Å². The Labute approximate surface area is 165 Å². The van der Waals surface area contributed by atoms with Gasteiger partial charge in [-0.25, -0.2) is 9.37 Å². The topological polar surface area (TPSA) is 98.3 Å². The van der Waals surface area contributed by atoms with Crippen molar-refractivity contribution in [2.45, 2.75) is 31.5 Å². The van der Waals surface area contributed by atoms with E-state index in [-0.39, 0.29) is 11.5 Å². The van der Waals surface area contributed by atoms with Gasteiger partial charge in [-0.2, -0.15) is 18.4 Å². The number of carbonyl (C=O) groups is 1. The van der Waals surface area contributed by atoms with E-state index >= 15 is 0 Å². The highest BCUT2D eigenvalue weighted by Gasteiger charge is 2.46. The number of hydrazine groups is 1. The van der Waals surface area contributed by atoms with Crippen LogP contribution in [0, 0.1) is 22.6 Å². The minimum atomic E-state index is -4.96. The molecule has 0 atom stereocenters. The highest BCUT2D eigenvalue weighted by molar-refractivity contribution is 5.94. The molecule has 1 amide bonds. The van der Waals surface area contributed by atoms with Crippen molar-refractivity contribution in [3.63, 3.8) is 0 Å². The molecule has 0 spiro atoms. The maximum Gasteiger partial charge on any atom is 0.436 e. The molecule has 3 heterocycles. The van der Waals surface area contributed by atoms with E-state index < -0.39 is 29.2 Å². The normalized spacial score (nSPS) is 20.2. The zero-order valence-corrected chi connectivity index (χ0v) is 15.7. The Balaban J connectivity index is 1.60. The number of nitriles is 1. The van der Waals surface area contributed by atoms with Gasteiger partial charge in [-0.1, -0.05) is 0 Å². The van der Waals surface area contributed by atoms with Gasteiger partial charge in [-0.15, -0.1) is 0 Å². The third kappa shape index (κ3) is 4.34. The summed E-state index contributed by atoms with van der Waals surface area (Å²) in [5.41, 5.74) is 0.158. The van der Waals surface area contributed by atoms with Gasteiger partial charge in [0.25, 0.3) is 5.91 Å². The number of nitrogens with two attached hydrogens (primary N) is 1. The van der Waals surface area contributed by atoms with Gasteiger partial charge in [0, 0.05) is 56.8 Å². The molecule has 2 fully saturated rings. The minimum Gasteiger partial charge on any atom is -0.338 e. The molecule has 0 aliphatic carbocycles. The molecule has 3 rings (SSSR count). The Hall–Kier alpha value is -2.29.